The van der Waals surface area contributed by atoms with Gasteiger partial charge in [-0.3, -0.25) is 4.79 Å². The minimum atomic E-state index is -3.38. The SMILES string of the molecule is O=C(NCCS(=O)(=O)NC1CCCC1)C(c1ccccc1)c1ccccc1. The molecule has 2 aromatic carbocycles. The molecule has 0 bridgehead atoms. The Morgan fingerprint density at radius 2 is 1.44 bits per heavy atom. The minimum Gasteiger partial charge on any atom is -0.354 e. The van der Waals surface area contributed by atoms with Gasteiger partial charge in [-0.15, -0.1) is 0 Å². The highest BCUT2D eigenvalue weighted by Crippen LogP contribution is 2.24. The Bertz CT molecular complexity index is 793. The molecule has 0 aromatic heterocycles. The summed E-state index contributed by atoms with van der Waals surface area (Å²) in [4.78, 5) is 12.8. The zero-order valence-electron chi connectivity index (χ0n) is 15.3. The van der Waals surface area contributed by atoms with E-state index in [-0.39, 0.29) is 24.2 Å². The summed E-state index contributed by atoms with van der Waals surface area (Å²) >= 11 is 0. The Morgan fingerprint density at radius 1 is 0.926 bits per heavy atom. The van der Waals surface area contributed by atoms with Gasteiger partial charge in [0.1, 0.15) is 0 Å². The van der Waals surface area contributed by atoms with Gasteiger partial charge in [-0.25, -0.2) is 13.1 Å². The Hall–Kier alpha value is -2.18. The van der Waals surface area contributed by atoms with Crippen molar-refractivity contribution in [3.8, 4) is 0 Å². The normalized spacial score (nSPS) is 15.1. The molecule has 0 aliphatic heterocycles. The molecule has 0 spiro atoms. The van der Waals surface area contributed by atoms with Crippen LogP contribution in [0.4, 0.5) is 0 Å². The maximum absolute atomic E-state index is 12.8. The first-order valence-electron chi connectivity index (χ1n) is 9.43. The van der Waals surface area contributed by atoms with E-state index in [0.29, 0.717) is 0 Å². The second-order valence-corrected chi connectivity index (χ2v) is 8.84. The molecule has 1 aliphatic carbocycles. The molecule has 1 aliphatic rings. The monoisotopic (exact) mass is 386 g/mol. The van der Waals surface area contributed by atoms with Gasteiger partial charge in [0.05, 0.1) is 11.7 Å². The number of amides is 1. The van der Waals surface area contributed by atoms with Crippen LogP contribution in [0.1, 0.15) is 42.7 Å². The van der Waals surface area contributed by atoms with Crippen LogP contribution in [0, 0.1) is 0 Å². The second kappa shape index (κ2) is 9.15. The van der Waals surface area contributed by atoms with Crippen molar-refractivity contribution in [3.63, 3.8) is 0 Å². The summed E-state index contributed by atoms with van der Waals surface area (Å²) in [6.07, 6.45) is 3.94. The first-order chi connectivity index (χ1) is 13.1. The molecule has 0 atom stereocenters. The lowest BCUT2D eigenvalue weighted by Crippen LogP contribution is -2.39. The van der Waals surface area contributed by atoms with Gasteiger partial charge in [0.2, 0.25) is 15.9 Å². The molecule has 2 N–H and O–H groups in total. The average molecular weight is 387 g/mol. The van der Waals surface area contributed by atoms with Gasteiger partial charge >= 0.3 is 0 Å². The van der Waals surface area contributed by atoms with Crippen molar-refractivity contribution in [2.24, 2.45) is 0 Å². The molecule has 1 saturated carbocycles. The van der Waals surface area contributed by atoms with E-state index >= 15 is 0 Å². The summed E-state index contributed by atoms with van der Waals surface area (Å²) in [6.45, 7) is 0.0943. The minimum absolute atomic E-state index is 0.0482. The van der Waals surface area contributed by atoms with Crippen LogP contribution in [0.2, 0.25) is 0 Å². The number of carbonyl (C=O) groups excluding carboxylic acids is 1. The van der Waals surface area contributed by atoms with Crippen molar-refractivity contribution < 1.29 is 13.2 Å². The fraction of sp³-hybridized carbons (Fsp3) is 0.381. The Balaban J connectivity index is 1.63. The lowest BCUT2D eigenvalue weighted by Gasteiger charge is -2.18. The van der Waals surface area contributed by atoms with Crippen molar-refractivity contribution in [3.05, 3.63) is 71.8 Å². The zero-order chi connectivity index (χ0) is 19.1. The summed E-state index contributed by atoms with van der Waals surface area (Å²) in [5.41, 5.74) is 1.77. The van der Waals surface area contributed by atoms with Gasteiger partial charge < -0.3 is 5.32 Å². The Morgan fingerprint density at radius 3 is 1.96 bits per heavy atom. The van der Waals surface area contributed by atoms with Gasteiger partial charge in [-0.2, -0.15) is 0 Å². The third-order valence-electron chi connectivity index (χ3n) is 4.90. The summed E-state index contributed by atoms with van der Waals surface area (Å²) in [5.74, 6) is -0.757. The van der Waals surface area contributed by atoms with E-state index in [4.69, 9.17) is 0 Å². The van der Waals surface area contributed by atoms with Gasteiger partial charge in [-0.1, -0.05) is 73.5 Å². The van der Waals surface area contributed by atoms with Gasteiger partial charge in [-0.05, 0) is 24.0 Å². The summed E-state index contributed by atoms with van der Waals surface area (Å²) < 4.78 is 27.2. The molecule has 1 amide bonds. The van der Waals surface area contributed by atoms with Crippen molar-refractivity contribution in [2.75, 3.05) is 12.3 Å². The third-order valence-corrected chi connectivity index (χ3v) is 6.33. The van der Waals surface area contributed by atoms with E-state index in [1.807, 2.05) is 60.7 Å². The number of hydrogen-bond acceptors (Lipinski definition) is 3. The first-order valence-corrected chi connectivity index (χ1v) is 11.1. The van der Waals surface area contributed by atoms with E-state index in [0.717, 1.165) is 36.8 Å². The van der Waals surface area contributed by atoms with E-state index in [2.05, 4.69) is 10.0 Å². The molecular weight excluding hydrogens is 360 g/mol. The topological polar surface area (TPSA) is 75.3 Å². The molecule has 3 rings (SSSR count). The van der Waals surface area contributed by atoms with Crippen LogP contribution < -0.4 is 10.0 Å². The van der Waals surface area contributed by atoms with Crippen molar-refractivity contribution in [1.82, 2.24) is 10.0 Å². The predicted molar refractivity (Wildman–Crippen MR) is 107 cm³/mol. The summed E-state index contributed by atoms with van der Waals surface area (Å²) in [5, 5.41) is 2.80. The quantitative estimate of drug-likeness (QED) is 0.733. The van der Waals surface area contributed by atoms with E-state index in [9.17, 15) is 13.2 Å². The van der Waals surface area contributed by atoms with E-state index in [1.165, 1.54) is 0 Å². The fourth-order valence-electron chi connectivity index (χ4n) is 3.55. The zero-order valence-corrected chi connectivity index (χ0v) is 16.1. The molecule has 6 heteroatoms. The molecule has 0 unspecified atom stereocenters. The van der Waals surface area contributed by atoms with Crippen LogP contribution in [0.3, 0.4) is 0 Å². The number of sulfonamides is 1. The molecule has 27 heavy (non-hydrogen) atoms. The summed E-state index contributed by atoms with van der Waals surface area (Å²) in [7, 11) is -3.38. The van der Waals surface area contributed by atoms with Crippen LogP contribution in [0.25, 0.3) is 0 Å². The van der Waals surface area contributed by atoms with Crippen molar-refractivity contribution in [2.45, 2.75) is 37.6 Å². The number of benzene rings is 2. The third kappa shape index (κ3) is 5.65. The highest BCUT2D eigenvalue weighted by atomic mass is 32.2. The molecule has 5 nitrogen and oxygen atoms in total. The standard InChI is InChI=1S/C21H26N2O3S/c24-21(22-15-16-27(25,26)23-19-13-7-8-14-19)20(17-9-3-1-4-10-17)18-11-5-2-6-12-18/h1-6,9-12,19-20,23H,7-8,13-16H2,(H,22,24). The number of nitrogens with one attached hydrogen (secondary N) is 2. The summed E-state index contributed by atoms with van der Waals surface area (Å²) in [6, 6.07) is 19.1. The largest absolute Gasteiger partial charge is 0.354 e. The average Bonchev–Trinajstić information content (AvgIpc) is 3.16. The second-order valence-electron chi connectivity index (χ2n) is 6.96. The smallest absolute Gasteiger partial charge is 0.232 e. The van der Waals surface area contributed by atoms with E-state index < -0.39 is 15.9 Å². The van der Waals surface area contributed by atoms with Crippen molar-refractivity contribution in [1.29, 1.82) is 0 Å². The highest BCUT2D eigenvalue weighted by Gasteiger charge is 2.24. The number of carbonyl (C=O) groups is 1. The molecule has 0 heterocycles. The maximum Gasteiger partial charge on any atom is 0.232 e. The number of rotatable bonds is 8. The molecule has 2 aromatic rings. The van der Waals surface area contributed by atoms with Crippen LogP contribution in [0.15, 0.2) is 60.7 Å². The van der Waals surface area contributed by atoms with Crippen molar-refractivity contribution >= 4 is 15.9 Å². The number of hydrogen-bond donors (Lipinski definition) is 2. The lowest BCUT2D eigenvalue weighted by molar-refractivity contribution is -0.121. The molecule has 0 saturated heterocycles. The fourth-order valence-corrected chi connectivity index (χ4v) is 4.79. The first kappa shape index (κ1) is 19.6. The Kier molecular flexibility index (Phi) is 6.63. The lowest BCUT2D eigenvalue weighted by atomic mass is 9.90. The highest BCUT2D eigenvalue weighted by molar-refractivity contribution is 7.89. The van der Waals surface area contributed by atoms with Crippen LogP contribution in [0.5, 0.6) is 0 Å². The van der Waals surface area contributed by atoms with Crippen LogP contribution in [-0.2, 0) is 14.8 Å². The molecule has 144 valence electrons. The molecular formula is C21H26N2O3S. The Labute approximate surface area is 161 Å². The van der Waals surface area contributed by atoms with Gasteiger partial charge in [0.25, 0.3) is 0 Å². The van der Waals surface area contributed by atoms with Gasteiger partial charge in [0, 0.05) is 12.6 Å². The predicted octanol–water partition coefficient (Wildman–Crippen LogP) is 2.80. The molecule has 0 radical (unpaired) electrons. The maximum atomic E-state index is 12.8. The van der Waals surface area contributed by atoms with Gasteiger partial charge in [0.15, 0.2) is 0 Å². The van der Waals surface area contributed by atoms with Crippen LogP contribution >= 0.6 is 0 Å². The molecule has 1 fully saturated rings. The van der Waals surface area contributed by atoms with E-state index in [1.54, 1.807) is 0 Å². The van der Waals surface area contributed by atoms with Crippen LogP contribution in [-0.4, -0.2) is 32.7 Å².